The topological polar surface area (TPSA) is 42.0 Å². The van der Waals surface area contributed by atoms with Crippen LogP contribution in [0.2, 0.25) is 0 Å². The number of aromatic nitrogens is 1. The van der Waals surface area contributed by atoms with E-state index in [1.165, 1.54) is 0 Å². The number of carbonyl (C=O) groups is 1. The number of nitrogens with one attached hydrogen (secondary N) is 1. The van der Waals surface area contributed by atoms with Gasteiger partial charge in [0.25, 0.3) is 5.91 Å². The van der Waals surface area contributed by atoms with Crippen LogP contribution in [0.3, 0.4) is 0 Å². The summed E-state index contributed by atoms with van der Waals surface area (Å²) < 4.78 is 23.5. The Bertz CT molecular complexity index is 290. The first-order chi connectivity index (χ1) is 6.70. The van der Waals surface area contributed by atoms with Gasteiger partial charge in [-0.05, 0) is 12.1 Å². The van der Waals surface area contributed by atoms with E-state index < -0.39 is 12.3 Å². The molecule has 1 heterocycles. The van der Waals surface area contributed by atoms with Crippen LogP contribution in [0.25, 0.3) is 0 Å². The van der Waals surface area contributed by atoms with Crippen molar-refractivity contribution >= 4 is 5.91 Å². The van der Waals surface area contributed by atoms with E-state index in [1.54, 1.807) is 24.4 Å². The average Bonchev–Trinajstić information content (AvgIpc) is 2.19. The lowest BCUT2D eigenvalue weighted by Gasteiger charge is -2.03. The Balaban J connectivity index is 2.26. The van der Waals surface area contributed by atoms with Gasteiger partial charge in [0, 0.05) is 24.9 Å². The van der Waals surface area contributed by atoms with Crippen molar-refractivity contribution < 1.29 is 13.6 Å². The summed E-state index contributed by atoms with van der Waals surface area (Å²) in [6.07, 6.45) is -0.873. The molecule has 1 N–H and O–H groups in total. The summed E-state index contributed by atoms with van der Waals surface area (Å²) in [5, 5.41) is 2.10. The molecule has 0 aliphatic heterocycles. The van der Waals surface area contributed by atoms with E-state index in [2.05, 4.69) is 10.3 Å². The van der Waals surface area contributed by atoms with Crippen molar-refractivity contribution in [2.45, 2.75) is 12.8 Å². The second-order valence-corrected chi connectivity index (χ2v) is 2.66. The van der Waals surface area contributed by atoms with Crippen LogP contribution in [0, 0.1) is 0 Å². The molecule has 1 rings (SSSR count). The third-order valence-corrected chi connectivity index (χ3v) is 1.60. The minimum absolute atomic E-state index is 0.181. The smallest absolute Gasteiger partial charge is 0.315 e. The highest BCUT2D eigenvalue weighted by Gasteiger charge is 2.13. The Morgan fingerprint density at radius 2 is 2.29 bits per heavy atom. The van der Waals surface area contributed by atoms with Crippen LogP contribution in [0.1, 0.15) is 5.69 Å². The normalized spacial score (nSPS) is 10.2. The van der Waals surface area contributed by atoms with Crippen LogP contribution in [-0.4, -0.2) is 23.9 Å². The number of pyridine rings is 1. The van der Waals surface area contributed by atoms with Gasteiger partial charge in [-0.2, -0.15) is 8.78 Å². The predicted molar refractivity (Wildman–Crippen MR) is 47.0 cm³/mol. The van der Waals surface area contributed by atoms with E-state index in [1.807, 2.05) is 0 Å². The van der Waals surface area contributed by atoms with Crippen molar-refractivity contribution in [1.29, 1.82) is 0 Å². The summed E-state index contributed by atoms with van der Waals surface area (Å²) in [4.78, 5) is 14.4. The lowest BCUT2D eigenvalue weighted by Crippen LogP contribution is -2.31. The Kier molecular flexibility index (Phi) is 3.97. The SMILES string of the molecule is O=C(NCCc1ccccn1)C(F)F. The molecule has 1 aromatic rings. The predicted octanol–water partition coefficient (Wildman–Crippen LogP) is 1.01. The Labute approximate surface area is 80.2 Å². The molecule has 5 heteroatoms. The van der Waals surface area contributed by atoms with Crippen LogP contribution >= 0.6 is 0 Å². The molecule has 0 atom stereocenters. The van der Waals surface area contributed by atoms with Gasteiger partial charge >= 0.3 is 6.43 Å². The van der Waals surface area contributed by atoms with E-state index in [0.717, 1.165) is 5.69 Å². The molecule has 0 spiro atoms. The standard InChI is InChI=1S/C9H10F2N2O/c10-8(11)9(14)13-6-4-7-3-1-2-5-12-7/h1-3,5,8H,4,6H2,(H,13,14). The number of nitrogens with zero attached hydrogens (tertiary/aromatic N) is 1. The molecule has 0 saturated carbocycles. The highest BCUT2D eigenvalue weighted by atomic mass is 19.3. The van der Waals surface area contributed by atoms with Gasteiger partial charge in [0.2, 0.25) is 0 Å². The fourth-order valence-electron chi connectivity index (χ4n) is 0.937. The second-order valence-electron chi connectivity index (χ2n) is 2.66. The summed E-state index contributed by atoms with van der Waals surface area (Å²) in [7, 11) is 0. The molecule has 0 radical (unpaired) electrons. The van der Waals surface area contributed by atoms with Crippen molar-refractivity contribution in [3.8, 4) is 0 Å². The summed E-state index contributed by atoms with van der Waals surface area (Å²) in [6, 6.07) is 5.34. The van der Waals surface area contributed by atoms with E-state index in [4.69, 9.17) is 0 Å². The minimum atomic E-state index is -2.95. The summed E-state index contributed by atoms with van der Waals surface area (Å²) >= 11 is 0. The quantitative estimate of drug-likeness (QED) is 0.788. The number of hydrogen-bond acceptors (Lipinski definition) is 2. The Morgan fingerprint density at radius 3 is 2.86 bits per heavy atom. The average molecular weight is 200 g/mol. The van der Waals surface area contributed by atoms with Gasteiger partial charge in [0.1, 0.15) is 0 Å². The maximum absolute atomic E-state index is 11.7. The number of halogens is 2. The molecule has 1 aromatic heterocycles. The van der Waals surface area contributed by atoms with Crippen LogP contribution in [0.15, 0.2) is 24.4 Å². The van der Waals surface area contributed by atoms with Gasteiger partial charge in [-0.3, -0.25) is 9.78 Å². The summed E-state index contributed by atoms with van der Waals surface area (Å²) in [5.74, 6) is -1.24. The van der Waals surface area contributed by atoms with Gasteiger partial charge in [0.15, 0.2) is 0 Å². The van der Waals surface area contributed by atoms with E-state index in [9.17, 15) is 13.6 Å². The van der Waals surface area contributed by atoms with Crippen molar-refractivity contribution in [1.82, 2.24) is 10.3 Å². The first-order valence-electron chi connectivity index (χ1n) is 4.16. The van der Waals surface area contributed by atoms with Crippen molar-refractivity contribution in [2.24, 2.45) is 0 Å². The van der Waals surface area contributed by atoms with Gasteiger partial charge in [-0.15, -0.1) is 0 Å². The fraction of sp³-hybridized carbons (Fsp3) is 0.333. The lowest BCUT2D eigenvalue weighted by molar-refractivity contribution is -0.131. The minimum Gasteiger partial charge on any atom is -0.351 e. The second kappa shape index (κ2) is 5.26. The summed E-state index contributed by atoms with van der Waals surface area (Å²) in [6.45, 7) is 0.181. The third-order valence-electron chi connectivity index (χ3n) is 1.60. The molecule has 1 amide bonds. The molecule has 0 aliphatic rings. The molecule has 14 heavy (non-hydrogen) atoms. The lowest BCUT2D eigenvalue weighted by atomic mass is 10.3. The molecule has 0 bridgehead atoms. The number of carbonyl (C=O) groups excluding carboxylic acids is 1. The number of amides is 1. The number of rotatable bonds is 4. The number of hydrogen-bond donors (Lipinski definition) is 1. The molecule has 0 aliphatic carbocycles. The zero-order valence-corrected chi connectivity index (χ0v) is 7.41. The van der Waals surface area contributed by atoms with Crippen LogP contribution in [0.4, 0.5) is 8.78 Å². The van der Waals surface area contributed by atoms with Crippen LogP contribution < -0.4 is 5.32 Å². The Hall–Kier alpha value is -1.52. The van der Waals surface area contributed by atoms with Crippen molar-refractivity contribution in [3.63, 3.8) is 0 Å². The molecule has 0 unspecified atom stereocenters. The maximum Gasteiger partial charge on any atom is 0.315 e. The molecule has 0 saturated heterocycles. The van der Waals surface area contributed by atoms with Gasteiger partial charge in [0.05, 0.1) is 0 Å². The first kappa shape index (κ1) is 10.6. The Morgan fingerprint density at radius 1 is 1.50 bits per heavy atom. The van der Waals surface area contributed by atoms with Gasteiger partial charge in [-0.1, -0.05) is 6.07 Å². The monoisotopic (exact) mass is 200 g/mol. The molecule has 76 valence electrons. The summed E-state index contributed by atoms with van der Waals surface area (Å²) in [5.41, 5.74) is 0.766. The molecule has 3 nitrogen and oxygen atoms in total. The maximum atomic E-state index is 11.7. The molecule has 0 fully saturated rings. The number of alkyl halides is 2. The highest BCUT2D eigenvalue weighted by Crippen LogP contribution is 1.94. The van der Waals surface area contributed by atoms with E-state index in [-0.39, 0.29) is 6.54 Å². The van der Waals surface area contributed by atoms with E-state index >= 15 is 0 Å². The largest absolute Gasteiger partial charge is 0.351 e. The first-order valence-corrected chi connectivity index (χ1v) is 4.16. The van der Waals surface area contributed by atoms with E-state index in [0.29, 0.717) is 6.42 Å². The fourth-order valence-corrected chi connectivity index (χ4v) is 0.937. The molecular formula is C9H10F2N2O. The van der Waals surface area contributed by atoms with Crippen LogP contribution in [0.5, 0.6) is 0 Å². The molecule has 0 aromatic carbocycles. The van der Waals surface area contributed by atoms with Crippen molar-refractivity contribution in [3.05, 3.63) is 30.1 Å². The highest BCUT2D eigenvalue weighted by molar-refractivity contribution is 5.78. The van der Waals surface area contributed by atoms with Crippen molar-refractivity contribution in [2.75, 3.05) is 6.54 Å². The van der Waals surface area contributed by atoms with Gasteiger partial charge < -0.3 is 5.32 Å². The zero-order chi connectivity index (χ0) is 10.4. The third kappa shape index (κ3) is 3.47. The van der Waals surface area contributed by atoms with Crippen LogP contribution in [-0.2, 0) is 11.2 Å². The zero-order valence-electron chi connectivity index (χ0n) is 7.41. The molecular weight excluding hydrogens is 190 g/mol. The van der Waals surface area contributed by atoms with Gasteiger partial charge in [-0.25, -0.2) is 0 Å².